The van der Waals surface area contributed by atoms with Crippen LogP contribution in [-0.2, 0) is 4.79 Å². The molecule has 0 aromatic heterocycles. The molecule has 1 fully saturated rings. The van der Waals surface area contributed by atoms with Gasteiger partial charge in [0, 0.05) is 12.1 Å². The second kappa shape index (κ2) is 5.84. The van der Waals surface area contributed by atoms with Crippen molar-refractivity contribution in [2.45, 2.75) is 58.4 Å². The van der Waals surface area contributed by atoms with Crippen LogP contribution in [0.3, 0.4) is 0 Å². The third-order valence-electron chi connectivity index (χ3n) is 2.89. The van der Waals surface area contributed by atoms with Crippen LogP contribution in [0, 0.1) is 0 Å². The van der Waals surface area contributed by atoms with E-state index in [0.717, 1.165) is 24.8 Å². The van der Waals surface area contributed by atoms with Crippen molar-refractivity contribution < 1.29 is 4.79 Å². The first-order chi connectivity index (χ1) is 6.72. The second-order valence-electron chi connectivity index (χ2n) is 4.19. The SMILES string of the molecule is CC/C(C)=C\C(=O)NC1CCCCC1. The molecule has 1 amide bonds. The molecule has 80 valence electrons. The topological polar surface area (TPSA) is 29.1 Å². The Hall–Kier alpha value is -0.790. The normalized spacial score (nSPS) is 19.4. The monoisotopic (exact) mass is 195 g/mol. The number of allylic oxidation sites excluding steroid dienone is 1. The van der Waals surface area contributed by atoms with E-state index in [9.17, 15) is 4.79 Å². The molecule has 2 heteroatoms. The van der Waals surface area contributed by atoms with Crippen molar-refractivity contribution in [3.8, 4) is 0 Å². The average Bonchev–Trinajstić information content (AvgIpc) is 2.19. The molecule has 1 rings (SSSR count). The smallest absolute Gasteiger partial charge is 0.244 e. The number of nitrogens with one attached hydrogen (secondary N) is 1. The summed E-state index contributed by atoms with van der Waals surface area (Å²) in [5.74, 6) is 0.0938. The maximum absolute atomic E-state index is 11.5. The lowest BCUT2D eigenvalue weighted by atomic mass is 9.95. The van der Waals surface area contributed by atoms with Crippen LogP contribution in [0.15, 0.2) is 11.6 Å². The Morgan fingerprint density at radius 2 is 2.00 bits per heavy atom. The largest absolute Gasteiger partial charge is 0.350 e. The molecule has 0 spiro atoms. The van der Waals surface area contributed by atoms with Gasteiger partial charge in [-0.15, -0.1) is 0 Å². The summed E-state index contributed by atoms with van der Waals surface area (Å²) in [4.78, 5) is 11.5. The molecule has 0 unspecified atom stereocenters. The van der Waals surface area contributed by atoms with Gasteiger partial charge in [-0.3, -0.25) is 4.79 Å². The Morgan fingerprint density at radius 1 is 1.36 bits per heavy atom. The summed E-state index contributed by atoms with van der Waals surface area (Å²) in [6.07, 6.45) is 8.86. The molecule has 0 aliphatic heterocycles. The first kappa shape index (κ1) is 11.3. The quantitative estimate of drug-likeness (QED) is 0.689. The van der Waals surface area contributed by atoms with Crippen molar-refractivity contribution in [1.82, 2.24) is 5.32 Å². The molecule has 1 aliphatic carbocycles. The van der Waals surface area contributed by atoms with Crippen molar-refractivity contribution in [3.63, 3.8) is 0 Å². The van der Waals surface area contributed by atoms with E-state index in [1.54, 1.807) is 6.08 Å². The van der Waals surface area contributed by atoms with E-state index in [0.29, 0.717) is 6.04 Å². The molecular formula is C12H21NO. The van der Waals surface area contributed by atoms with Crippen molar-refractivity contribution in [1.29, 1.82) is 0 Å². The molecule has 14 heavy (non-hydrogen) atoms. The maximum atomic E-state index is 11.5. The van der Waals surface area contributed by atoms with Crippen molar-refractivity contribution in [3.05, 3.63) is 11.6 Å². The standard InChI is InChI=1S/C12H21NO/c1-3-10(2)9-12(14)13-11-7-5-4-6-8-11/h9,11H,3-8H2,1-2H3,(H,13,14)/b10-9-. The molecule has 0 radical (unpaired) electrons. The second-order valence-corrected chi connectivity index (χ2v) is 4.19. The summed E-state index contributed by atoms with van der Waals surface area (Å²) in [7, 11) is 0. The molecule has 0 atom stereocenters. The molecule has 0 saturated heterocycles. The minimum atomic E-state index is 0.0938. The van der Waals surface area contributed by atoms with E-state index < -0.39 is 0 Å². The highest BCUT2D eigenvalue weighted by atomic mass is 16.1. The third-order valence-corrected chi connectivity index (χ3v) is 2.89. The Balaban J connectivity index is 2.32. The molecule has 0 aromatic carbocycles. The van der Waals surface area contributed by atoms with Gasteiger partial charge in [0.2, 0.25) is 5.91 Å². The molecule has 1 saturated carbocycles. The summed E-state index contributed by atoms with van der Waals surface area (Å²) in [6.45, 7) is 4.07. The van der Waals surface area contributed by atoms with E-state index in [1.165, 1.54) is 19.3 Å². The van der Waals surface area contributed by atoms with Crippen LogP contribution < -0.4 is 5.32 Å². The van der Waals surface area contributed by atoms with Crippen LogP contribution in [0.4, 0.5) is 0 Å². The van der Waals surface area contributed by atoms with Gasteiger partial charge in [0.25, 0.3) is 0 Å². The molecule has 1 aliphatic rings. The van der Waals surface area contributed by atoms with Gasteiger partial charge in [-0.1, -0.05) is 31.8 Å². The zero-order valence-electron chi connectivity index (χ0n) is 9.31. The van der Waals surface area contributed by atoms with Gasteiger partial charge in [0.15, 0.2) is 0 Å². The first-order valence-corrected chi connectivity index (χ1v) is 5.70. The summed E-state index contributed by atoms with van der Waals surface area (Å²) in [6, 6.07) is 0.428. The maximum Gasteiger partial charge on any atom is 0.244 e. The Labute approximate surface area is 86.8 Å². The van der Waals surface area contributed by atoms with Gasteiger partial charge < -0.3 is 5.32 Å². The number of hydrogen-bond acceptors (Lipinski definition) is 1. The average molecular weight is 195 g/mol. The van der Waals surface area contributed by atoms with E-state index in [4.69, 9.17) is 0 Å². The van der Waals surface area contributed by atoms with Crippen molar-refractivity contribution in [2.24, 2.45) is 0 Å². The predicted octanol–water partition coefficient (Wildman–Crippen LogP) is 2.79. The minimum Gasteiger partial charge on any atom is -0.350 e. The molecule has 1 N–H and O–H groups in total. The van der Waals surface area contributed by atoms with Crippen LogP contribution in [0.2, 0.25) is 0 Å². The lowest BCUT2D eigenvalue weighted by molar-refractivity contribution is -0.117. The highest BCUT2D eigenvalue weighted by Gasteiger charge is 2.14. The summed E-state index contributed by atoms with van der Waals surface area (Å²) in [5, 5.41) is 3.07. The fourth-order valence-electron chi connectivity index (χ4n) is 1.82. The van der Waals surface area contributed by atoms with Crippen LogP contribution >= 0.6 is 0 Å². The van der Waals surface area contributed by atoms with Gasteiger partial charge in [-0.2, -0.15) is 0 Å². The van der Waals surface area contributed by atoms with Crippen molar-refractivity contribution >= 4 is 5.91 Å². The van der Waals surface area contributed by atoms with Gasteiger partial charge in [-0.25, -0.2) is 0 Å². The first-order valence-electron chi connectivity index (χ1n) is 5.70. The predicted molar refractivity (Wildman–Crippen MR) is 59.1 cm³/mol. The van der Waals surface area contributed by atoms with Crippen LogP contribution in [0.5, 0.6) is 0 Å². The molecule has 2 nitrogen and oxygen atoms in total. The number of carbonyl (C=O) groups is 1. The lowest BCUT2D eigenvalue weighted by Crippen LogP contribution is -2.35. The van der Waals surface area contributed by atoms with E-state index in [2.05, 4.69) is 12.2 Å². The van der Waals surface area contributed by atoms with Crippen molar-refractivity contribution in [2.75, 3.05) is 0 Å². The van der Waals surface area contributed by atoms with E-state index >= 15 is 0 Å². The van der Waals surface area contributed by atoms with Crippen LogP contribution in [0.25, 0.3) is 0 Å². The fraction of sp³-hybridized carbons (Fsp3) is 0.750. The summed E-state index contributed by atoms with van der Waals surface area (Å²) >= 11 is 0. The number of hydrogen-bond donors (Lipinski definition) is 1. The molecule has 0 bridgehead atoms. The Kier molecular flexibility index (Phi) is 4.71. The van der Waals surface area contributed by atoms with Gasteiger partial charge in [-0.05, 0) is 26.2 Å². The molecular weight excluding hydrogens is 174 g/mol. The Bertz CT molecular complexity index is 214. The van der Waals surface area contributed by atoms with E-state index in [-0.39, 0.29) is 5.91 Å². The number of rotatable bonds is 3. The number of amides is 1. The zero-order valence-corrected chi connectivity index (χ0v) is 9.31. The highest BCUT2D eigenvalue weighted by Crippen LogP contribution is 2.17. The van der Waals surface area contributed by atoms with E-state index in [1.807, 2.05) is 6.92 Å². The van der Waals surface area contributed by atoms with Gasteiger partial charge in [0.05, 0.1) is 0 Å². The fourth-order valence-corrected chi connectivity index (χ4v) is 1.82. The number of carbonyl (C=O) groups excluding carboxylic acids is 1. The summed E-state index contributed by atoms with van der Waals surface area (Å²) in [5.41, 5.74) is 1.15. The van der Waals surface area contributed by atoms with Crippen LogP contribution in [0.1, 0.15) is 52.4 Å². The van der Waals surface area contributed by atoms with Crippen LogP contribution in [-0.4, -0.2) is 11.9 Å². The third kappa shape index (κ3) is 3.95. The highest BCUT2D eigenvalue weighted by molar-refractivity contribution is 5.88. The Morgan fingerprint density at radius 3 is 2.57 bits per heavy atom. The molecule has 0 heterocycles. The summed E-state index contributed by atoms with van der Waals surface area (Å²) < 4.78 is 0. The molecule has 0 aromatic rings. The van der Waals surface area contributed by atoms with Gasteiger partial charge in [0.1, 0.15) is 0 Å². The lowest BCUT2D eigenvalue weighted by Gasteiger charge is -2.22. The zero-order chi connectivity index (χ0) is 10.4. The van der Waals surface area contributed by atoms with Gasteiger partial charge >= 0.3 is 0 Å². The minimum absolute atomic E-state index is 0.0938.